The van der Waals surface area contributed by atoms with Gasteiger partial charge in [0, 0.05) is 10.9 Å². The van der Waals surface area contributed by atoms with Crippen LogP contribution in [0, 0.1) is 0 Å². The Bertz CT molecular complexity index is 1070. The Hall–Kier alpha value is -2.31. The minimum Gasteiger partial charge on any atom is -0.293 e. The number of hydrogen-bond donors (Lipinski definition) is 0. The Balaban J connectivity index is 1.60. The van der Waals surface area contributed by atoms with Gasteiger partial charge in [-0.3, -0.25) is 9.36 Å². The maximum Gasteiger partial charge on any atom is 0.262 e. The van der Waals surface area contributed by atoms with Crippen LogP contribution in [0.4, 0.5) is 0 Å². The molecule has 0 bridgehead atoms. The monoisotopic (exact) mass is 367 g/mol. The van der Waals surface area contributed by atoms with Crippen molar-refractivity contribution in [1.82, 2.24) is 14.5 Å². The molecule has 126 valence electrons. The maximum absolute atomic E-state index is 12.5. The Morgan fingerprint density at radius 2 is 1.92 bits per heavy atom. The van der Waals surface area contributed by atoms with Crippen molar-refractivity contribution >= 4 is 32.9 Å². The summed E-state index contributed by atoms with van der Waals surface area (Å²) in [7, 11) is 0. The number of aromatic nitrogens is 3. The maximum atomic E-state index is 12.5. The fourth-order valence-electron chi connectivity index (χ4n) is 2.70. The Kier molecular flexibility index (Phi) is 4.23. The Labute approximate surface area is 153 Å². The molecule has 0 aliphatic carbocycles. The number of rotatable bonds is 4. The molecule has 4 nitrogen and oxygen atoms in total. The minimum absolute atomic E-state index is 0.0120. The van der Waals surface area contributed by atoms with E-state index in [2.05, 4.69) is 43.1 Å². The third kappa shape index (κ3) is 3.15. The summed E-state index contributed by atoms with van der Waals surface area (Å²) in [4.78, 5) is 22.3. The summed E-state index contributed by atoms with van der Waals surface area (Å²) in [5.74, 6) is 0.521. The number of benzene rings is 1. The third-order valence-electron chi connectivity index (χ3n) is 4.16. The van der Waals surface area contributed by atoms with Crippen LogP contribution < -0.4 is 5.56 Å². The van der Waals surface area contributed by atoms with Crippen molar-refractivity contribution in [3.05, 3.63) is 69.0 Å². The minimum atomic E-state index is -0.0120. The first-order chi connectivity index (χ1) is 12.1. The lowest BCUT2D eigenvalue weighted by Crippen LogP contribution is -2.20. The number of hydrogen-bond acceptors (Lipinski definition) is 5. The van der Waals surface area contributed by atoms with Crippen molar-refractivity contribution in [2.45, 2.75) is 26.3 Å². The van der Waals surface area contributed by atoms with Gasteiger partial charge in [0.15, 0.2) is 0 Å². The van der Waals surface area contributed by atoms with Gasteiger partial charge in [-0.2, -0.15) is 0 Å². The van der Waals surface area contributed by atoms with Gasteiger partial charge in [0.1, 0.15) is 9.84 Å². The van der Waals surface area contributed by atoms with Crippen LogP contribution in [0.1, 0.15) is 31.0 Å². The largest absolute Gasteiger partial charge is 0.293 e. The average molecular weight is 367 g/mol. The second kappa shape index (κ2) is 6.54. The third-order valence-corrected chi connectivity index (χ3v) is 5.92. The van der Waals surface area contributed by atoms with Gasteiger partial charge in [-0.15, -0.1) is 22.7 Å². The highest BCUT2D eigenvalue weighted by Gasteiger charge is 2.09. The molecule has 4 aromatic rings. The average Bonchev–Trinajstić information content (AvgIpc) is 3.27. The molecule has 0 spiro atoms. The van der Waals surface area contributed by atoms with Crippen molar-refractivity contribution in [1.29, 1.82) is 0 Å². The summed E-state index contributed by atoms with van der Waals surface area (Å²) < 4.78 is 1.62. The van der Waals surface area contributed by atoms with Crippen molar-refractivity contribution in [3.8, 4) is 10.6 Å². The SMILES string of the molecule is CC(C)c1ccc(-c2nc(Cn3cnc4sccc4c3=O)cs2)cc1. The molecule has 1 aromatic carbocycles. The van der Waals surface area contributed by atoms with Crippen molar-refractivity contribution in [3.63, 3.8) is 0 Å². The summed E-state index contributed by atoms with van der Waals surface area (Å²) >= 11 is 3.09. The van der Waals surface area contributed by atoms with Gasteiger partial charge in [0.25, 0.3) is 5.56 Å². The van der Waals surface area contributed by atoms with E-state index < -0.39 is 0 Å². The zero-order valence-electron chi connectivity index (χ0n) is 14.0. The number of nitrogens with zero attached hydrogens (tertiary/aromatic N) is 3. The molecule has 6 heteroatoms. The van der Waals surface area contributed by atoms with E-state index in [1.165, 1.54) is 16.9 Å². The van der Waals surface area contributed by atoms with Gasteiger partial charge in [-0.25, -0.2) is 9.97 Å². The summed E-state index contributed by atoms with van der Waals surface area (Å²) in [6, 6.07) is 10.4. The molecule has 25 heavy (non-hydrogen) atoms. The topological polar surface area (TPSA) is 47.8 Å². The van der Waals surface area contributed by atoms with E-state index in [1.807, 2.05) is 16.8 Å². The molecular weight excluding hydrogens is 350 g/mol. The molecule has 0 saturated carbocycles. The van der Waals surface area contributed by atoms with Crippen LogP contribution in [-0.4, -0.2) is 14.5 Å². The summed E-state index contributed by atoms with van der Waals surface area (Å²) in [6.45, 7) is 4.82. The molecule has 0 radical (unpaired) electrons. The second-order valence-electron chi connectivity index (χ2n) is 6.24. The van der Waals surface area contributed by atoms with Crippen molar-refractivity contribution < 1.29 is 0 Å². The van der Waals surface area contributed by atoms with Crippen LogP contribution in [0.2, 0.25) is 0 Å². The lowest BCUT2D eigenvalue weighted by atomic mass is 10.0. The van der Waals surface area contributed by atoms with Crippen LogP contribution in [0.3, 0.4) is 0 Å². The van der Waals surface area contributed by atoms with Crippen molar-refractivity contribution in [2.24, 2.45) is 0 Å². The molecule has 0 aliphatic rings. The lowest BCUT2D eigenvalue weighted by molar-refractivity contribution is 0.735. The normalized spacial score (nSPS) is 11.5. The molecule has 0 saturated heterocycles. The van der Waals surface area contributed by atoms with Crippen LogP contribution in [0.5, 0.6) is 0 Å². The molecule has 0 N–H and O–H groups in total. The number of thiophene rings is 1. The predicted octanol–water partition coefficient (Wildman–Crippen LogP) is 4.75. The highest BCUT2D eigenvalue weighted by molar-refractivity contribution is 7.16. The summed E-state index contributed by atoms with van der Waals surface area (Å²) in [5, 5.41) is 5.55. The van der Waals surface area contributed by atoms with Crippen molar-refractivity contribution in [2.75, 3.05) is 0 Å². The highest BCUT2D eigenvalue weighted by atomic mass is 32.1. The van der Waals surface area contributed by atoms with E-state index in [4.69, 9.17) is 4.98 Å². The van der Waals surface area contributed by atoms with Gasteiger partial charge in [0.05, 0.1) is 24.0 Å². The smallest absolute Gasteiger partial charge is 0.262 e. The van der Waals surface area contributed by atoms with E-state index in [9.17, 15) is 4.79 Å². The summed E-state index contributed by atoms with van der Waals surface area (Å²) in [5.41, 5.74) is 3.30. The van der Waals surface area contributed by atoms with Gasteiger partial charge < -0.3 is 0 Å². The van der Waals surface area contributed by atoms with Crippen LogP contribution in [-0.2, 0) is 6.54 Å². The van der Waals surface area contributed by atoms with Gasteiger partial charge >= 0.3 is 0 Å². The van der Waals surface area contributed by atoms with E-state index in [-0.39, 0.29) is 5.56 Å². The zero-order valence-corrected chi connectivity index (χ0v) is 15.6. The molecule has 0 fully saturated rings. The molecule has 0 amide bonds. The van der Waals surface area contributed by atoms with Gasteiger partial charge in [0.2, 0.25) is 0 Å². The Morgan fingerprint density at radius 1 is 1.12 bits per heavy atom. The standard InChI is InChI=1S/C19H17N3OS2/c1-12(2)13-3-5-14(6-4-13)17-21-15(10-25-17)9-22-11-20-18-16(19(22)23)7-8-24-18/h3-8,10-12H,9H2,1-2H3. The summed E-state index contributed by atoms with van der Waals surface area (Å²) in [6.07, 6.45) is 1.61. The first-order valence-corrected chi connectivity index (χ1v) is 9.85. The fraction of sp³-hybridized carbons (Fsp3) is 0.211. The van der Waals surface area contributed by atoms with E-state index in [1.54, 1.807) is 22.2 Å². The zero-order chi connectivity index (χ0) is 17.4. The first kappa shape index (κ1) is 16.2. The first-order valence-electron chi connectivity index (χ1n) is 8.09. The molecule has 4 rings (SSSR count). The molecule has 3 heterocycles. The van der Waals surface area contributed by atoms with Crippen LogP contribution >= 0.6 is 22.7 Å². The van der Waals surface area contributed by atoms with Crippen LogP contribution in [0.15, 0.2) is 52.2 Å². The second-order valence-corrected chi connectivity index (χ2v) is 7.99. The molecule has 0 unspecified atom stereocenters. The number of thiazole rings is 1. The number of fused-ring (bicyclic) bond motifs is 1. The molecule has 3 aromatic heterocycles. The molecule has 0 atom stereocenters. The van der Waals surface area contributed by atoms with E-state index >= 15 is 0 Å². The predicted molar refractivity (Wildman–Crippen MR) is 105 cm³/mol. The van der Waals surface area contributed by atoms with E-state index in [0.717, 1.165) is 21.1 Å². The highest BCUT2D eigenvalue weighted by Crippen LogP contribution is 2.26. The quantitative estimate of drug-likeness (QED) is 0.523. The fourth-order valence-corrected chi connectivity index (χ4v) is 4.24. The van der Waals surface area contributed by atoms with Crippen LogP contribution in [0.25, 0.3) is 20.8 Å². The van der Waals surface area contributed by atoms with Gasteiger partial charge in [-0.1, -0.05) is 38.1 Å². The lowest BCUT2D eigenvalue weighted by Gasteiger charge is -2.05. The molecular formula is C19H17N3OS2. The Morgan fingerprint density at radius 3 is 2.68 bits per heavy atom. The van der Waals surface area contributed by atoms with E-state index in [0.29, 0.717) is 17.8 Å². The molecule has 0 aliphatic heterocycles. The van der Waals surface area contributed by atoms with Gasteiger partial charge in [-0.05, 0) is 22.9 Å².